The molecule has 0 atom stereocenters. The van der Waals surface area contributed by atoms with Crippen molar-refractivity contribution in [1.29, 1.82) is 0 Å². The molecule has 0 spiro atoms. The highest BCUT2D eigenvalue weighted by molar-refractivity contribution is 5.78. The highest BCUT2D eigenvalue weighted by Crippen LogP contribution is 2.30. The molecule has 2 aliphatic rings. The van der Waals surface area contributed by atoms with Gasteiger partial charge in [0.15, 0.2) is 5.96 Å². The first-order valence-electron chi connectivity index (χ1n) is 7.66. The van der Waals surface area contributed by atoms with E-state index in [1.54, 1.807) is 0 Å². The van der Waals surface area contributed by atoms with Crippen LogP contribution in [0.1, 0.15) is 18.4 Å². The van der Waals surface area contributed by atoms with Crippen LogP contribution in [0.15, 0.2) is 29.3 Å². The molecule has 3 rings (SSSR count). The highest BCUT2D eigenvalue weighted by Gasteiger charge is 2.22. The number of rotatable bonds is 5. The lowest BCUT2D eigenvalue weighted by molar-refractivity contribution is 0.0674. The number of nitrogens with zero attached hydrogens (tertiary/aromatic N) is 2. The van der Waals surface area contributed by atoms with E-state index in [0.717, 1.165) is 50.1 Å². The third-order valence-electron chi connectivity index (χ3n) is 3.89. The average Bonchev–Trinajstić information content (AvgIpc) is 3.36. The number of nitrogens with two attached hydrogens (primary N) is 1. The summed E-state index contributed by atoms with van der Waals surface area (Å²) in [6.07, 6.45) is 2.59. The molecule has 1 saturated carbocycles. The zero-order valence-electron chi connectivity index (χ0n) is 12.3. The third-order valence-corrected chi connectivity index (χ3v) is 3.89. The molecule has 5 heteroatoms. The van der Waals surface area contributed by atoms with Crippen LogP contribution < -0.4 is 10.5 Å². The number of para-hydroxylation sites is 1. The molecule has 114 valence electrons. The largest absolute Gasteiger partial charge is 0.493 e. The number of benzene rings is 1. The Morgan fingerprint density at radius 1 is 1.29 bits per heavy atom. The topological polar surface area (TPSA) is 60.1 Å². The van der Waals surface area contributed by atoms with Gasteiger partial charge in [-0.15, -0.1) is 0 Å². The van der Waals surface area contributed by atoms with E-state index in [0.29, 0.717) is 12.5 Å². The smallest absolute Gasteiger partial charge is 0.191 e. The van der Waals surface area contributed by atoms with Gasteiger partial charge in [0.1, 0.15) is 5.75 Å². The number of ether oxygens (including phenoxy) is 2. The van der Waals surface area contributed by atoms with Gasteiger partial charge in [-0.2, -0.15) is 0 Å². The fraction of sp³-hybridized carbons (Fsp3) is 0.562. The monoisotopic (exact) mass is 289 g/mol. The van der Waals surface area contributed by atoms with Crippen LogP contribution in [0.3, 0.4) is 0 Å². The van der Waals surface area contributed by atoms with Crippen molar-refractivity contribution in [3.05, 3.63) is 29.8 Å². The van der Waals surface area contributed by atoms with E-state index >= 15 is 0 Å². The zero-order chi connectivity index (χ0) is 14.5. The number of aliphatic imine (C=N–C) groups is 1. The van der Waals surface area contributed by atoms with E-state index in [1.165, 1.54) is 12.8 Å². The van der Waals surface area contributed by atoms with Gasteiger partial charge >= 0.3 is 0 Å². The van der Waals surface area contributed by atoms with E-state index in [2.05, 4.69) is 16.0 Å². The second-order valence-corrected chi connectivity index (χ2v) is 5.64. The quantitative estimate of drug-likeness (QED) is 0.661. The van der Waals surface area contributed by atoms with Crippen molar-refractivity contribution in [2.45, 2.75) is 19.4 Å². The summed E-state index contributed by atoms with van der Waals surface area (Å²) in [5.41, 5.74) is 7.15. The van der Waals surface area contributed by atoms with Crippen LogP contribution in [-0.4, -0.2) is 43.8 Å². The molecule has 1 aliphatic heterocycles. The number of hydrogen-bond donors (Lipinski definition) is 1. The lowest BCUT2D eigenvalue weighted by Gasteiger charge is -2.27. The molecule has 0 radical (unpaired) electrons. The Balaban J connectivity index is 1.60. The van der Waals surface area contributed by atoms with Crippen molar-refractivity contribution in [3.8, 4) is 5.75 Å². The molecule has 1 heterocycles. The summed E-state index contributed by atoms with van der Waals surface area (Å²) >= 11 is 0. The Hall–Kier alpha value is -1.75. The van der Waals surface area contributed by atoms with Crippen molar-refractivity contribution < 1.29 is 9.47 Å². The summed E-state index contributed by atoms with van der Waals surface area (Å²) < 4.78 is 11.2. The van der Waals surface area contributed by atoms with Gasteiger partial charge in [0.05, 0.1) is 26.4 Å². The SMILES string of the molecule is NC(=NCc1ccccc1OCC1CC1)N1CCOCC1. The first-order chi connectivity index (χ1) is 10.3. The van der Waals surface area contributed by atoms with Gasteiger partial charge in [0.2, 0.25) is 0 Å². The Labute approximate surface area is 125 Å². The van der Waals surface area contributed by atoms with Crippen molar-refractivity contribution in [1.82, 2.24) is 4.90 Å². The number of morpholine rings is 1. The van der Waals surface area contributed by atoms with Crippen molar-refractivity contribution >= 4 is 5.96 Å². The number of guanidine groups is 1. The van der Waals surface area contributed by atoms with Crippen LogP contribution in [0.25, 0.3) is 0 Å². The van der Waals surface area contributed by atoms with E-state index in [9.17, 15) is 0 Å². The van der Waals surface area contributed by atoms with Crippen LogP contribution >= 0.6 is 0 Å². The van der Waals surface area contributed by atoms with Crippen LogP contribution in [0, 0.1) is 5.92 Å². The van der Waals surface area contributed by atoms with Crippen molar-refractivity contribution in [2.75, 3.05) is 32.9 Å². The molecule has 1 aliphatic carbocycles. The molecular formula is C16H23N3O2. The molecule has 0 aromatic heterocycles. The lowest BCUT2D eigenvalue weighted by atomic mass is 10.2. The zero-order valence-corrected chi connectivity index (χ0v) is 12.3. The molecule has 1 aromatic rings. The molecule has 5 nitrogen and oxygen atoms in total. The van der Waals surface area contributed by atoms with E-state index in [-0.39, 0.29) is 0 Å². The number of hydrogen-bond acceptors (Lipinski definition) is 3. The maximum absolute atomic E-state index is 6.06. The van der Waals surface area contributed by atoms with Crippen molar-refractivity contribution in [2.24, 2.45) is 16.6 Å². The van der Waals surface area contributed by atoms with Gasteiger partial charge in [0, 0.05) is 18.7 Å². The predicted molar refractivity (Wildman–Crippen MR) is 82.4 cm³/mol. The van der Waals surface area contributed by atoms with Crippen LogP contribution in [0.4, 0.5) is 0 Å². The minimum Gasteiger partial charge on any atom is -0.493 e. The van der Waals surface area contributed by atoms with E-state index < -0.39 is 0 Å². The molecule has 1 saturated heterocycles. The molecule has 0 amide bonds. The molecule has 0 bridgehead atoms. The first kappa shape index (κ1) is 14.2. The summed E-state index contributed by atoms with van der Waals surface area (Å²) in [7, 11) is 0. The fourth-order valence-corrected chi connectivity index (χ4v) is 2.33. The van der Waals surface area contributed by atoms with Crippen LogP contribution in [-0.2, 0) is 11.3 Å². The Bertz CT molecular complexity index is 494. The van der Waals surface area contributed by atoms with E-state index in [4.69, 9.17) is 15.2 Å². The normalized spacial score (nSPS) is 19.6. The van der Waals surface area contributed by atoms with E-state index in [1.807, 2.05) is 18.2 Å². The van der Waals surface area contributed by atoms with Gasteiger partial charge in [-0.05, 0) is 24.8 Å². The summed E-state index contributed by atoms with van der Waals surface area (Å²) in [6.45, 7) is 4.45. The molecule has 21 heavy (non-hydrogen) atoms. The highest BCUT2D eigenvalue weighted by atomic mass is 16.5. The van der Waals surface area contributed by atoms with Gasteiger partial charge < -0.3 is 20.1 Å². The maximum atomic E-state index is 6.06. The second-order valence-electron chi connectivity index (χ2n) is 5.64. The lowest BCUT2D eigenvalue weighted by Crippen LogP contribution is -2.44. The molecule has 2 N–H and O–H groups in total. The maximum Gasteiger partial charge on any atom is 0.191 e. The van der Waals surface area contributed by atoms with Crippen molar-refractivity contribution in [3.63, 3.8) is 0 Å². The van der Waals surface area contributed by atoms with Gasteiger partial charge in [0.25, 0.3) is 0 Å². The summed E-state index contributed by atoms with van der Waals surface area (Å²) in [5.74, 6) is 2.28. The third kappa shape index (κ3) is 4.11. The summed E-state index contributed by atoms with van der Waals surface area (Å²) in [5, 5.41) is 0. The predicted octanol–water partition coefficient (Wildman–Crippen LogP) is 1.62. The average molecular weight is 289 g/mol. The minimum atomic E-state index is 0.560. The van der Waals surface area contributed by atoms with Crippen LogP contribution in [0.5, 0.6) is 5.75 Å². The van der Waals surface area contributed by atoms with Gasteiger partial charge in [-0.25, -0.2) is 4.99 Å². The summed E-state index contributed by atoms with van der Waals surface area (Å²) in [6, 6.07) is 8.08. The first-order valence-corrected chi connectivity index (χ1v) is 7.66. The summed E-state index contributed by atoms with van der Waals surface area (Å²) in [4.78, 5) is 6.57. The molecule has 2 fully saturated rings. The molecule has 0 unspecified atom stereocenters. The Morgan fingerprint density at radius 2 is 2.05 bits per heavy atom. The molecular weight excluding hydrogens is 266 g/mol. The minimum absolute atomic E-state index is 0.560. The van der Waals surface area contributed by atoms with Gasteiger partial charge in [-0.1, -0.05) is 18.2 Å². The second kappa shape index (κ2) is 6.80. The Morgan fingerprint density at radius 3 is 2.81 bits per heavy atom. The van der Waals surface area contributed by atoms with Crippen LogP contribution in [0.2, 0.25) is 0 Å². The standard InChI is InChI=1S/C16H23N3O2/c17-16(19-7-9-20-10-8-19)18-11-14-3-1-2-4-15(14)21-12-13-5-6-13/h1-4,13H,5-12H2,(H2,17,18). The van der Waals surface area contributed by atoms with Gasteiger partial charge in [-0.3, -0.25) is 0 Å². The molecule has 1 aromatic carbocycles. The fourth-order valence-electron chi connectivity index (χ4n) is 2.33. The Kier molecular flexibility index (Phi) is 4.60.